The van der Waals surface area contributed by atoms with Crippen molar-refractivity contribution in [2.45, 2.75) is 19.4 Å². The zero-order valence-corrected chi connectivity index (χ0v) is 10.4. The molecule has 0 aliphatic carbocycles. The molecule has 17 heavy (non-hydrogen) atoms. The third-order valence-corrected chi connectivity index (χ3v) is 2.69. The lowest BCUT2D eigenvalue weighted by atomic mass is 10.1. The van der Waals surface area contributed by atoms with E-state index in [0.717, 1.165) is 5.56 Å². The normalized spacial score (nSPS) is 10.4. The van der Waals surface area contributed by atoms with E-state index in [2.05, 4.69) is 11.8 Å². The Morgan fingerprint density at radius 2 is 1.94 bits per heavy atom. The Labute approximate surface area is 102 Å². The SMILES string of the molecule is CN(C(=O)C#Cc1ccccc1)C(C)(C)CO. The summed E-state index contributed by atoms with van der Waals surface area (Å²) in [4.78, 5) is 13.2. The van der Waals surface area contributed by atoms with Gasteiger partial charge >= 0.3 is 0 Å². The van der Waals surface area contributed by atoms with Crippen LogP contribution in [0.2, 0.25) is 0 Å². The predicted octanol–water partition coefficient (Wildman–Crippen LogP) is 1.27. The second-order valence-electron chi connectivity index (χ2n) is 4.45. The molecule has 1 N–H and O–H groups in total. The van der Waals surface area contributed by atoms with E-state index in [-0.39, 0.29) is 12.5 Å². The number of rotatable bonds is 2. The van der Waals surface area contributed by atoms with Gasteiger partial charge in [0.1, 0.15) is 0 Å². The molecule has 3 heteroatoms. The van der Waals surface area contributed by atoms with E-state index < -0.39 is 5.54 Å². The van der Waals surface area contributed by atoms with Crippen LogP contribution in [0.1, 0.15) is 19.4 Å². The molecule has 1 amide bonds. The minimum absolute atomic E-state index is 0.0950. The maximum Gasteiger partial charge on any atom is 0.299 e. The van der Waals surface area contributed by atoms with Gasteiger partial charge in [-0.1, -0.05) is 24.1 Å². The number of hydrogen-bond acceptors (Lipinski definition) is 2. The Morgan fingerprint density at radius 1 is 1.35 bits per heavy atom. The summed E-state index contributed by atoms with van der Waals surface area (Å²) in [5.41, 5.74) is 0.207. The van der Waals surface area contributed by atoms with Gasteiger partial charge in [-0.25, -0.2) is 0 Å². The number of hydrogen-bond donors (Lipinski definition) is 1. The van der Waals surface area contributed by atoms with Crippen LogP contribution >= 0.6 is 0 Å². The molecule has 0 aromatic heterocycles. The topological polar surface area (TPSA) is 40.5 Å². The molecule has 0 saturated heterocycles. The van der Waals surface area contributed by atoms with E-state index in [4.69, 9.17) is 5.11 Å². The number of nitrogens with zero attached hydrogens (tertiary/aromatic N) is 1. The minimum Gasteiger partial charge on any atom is -0.394 e. The summed E-state index contributed by atoms with van der Waals surface area (Å²) in [6.07, 6.45) is 0. The van der Waals surface area contributed by atoms with E-state index in [1.54, 1.807) is 20.9 Å². The standard InChI is InChI=1S/C14H17NO2/c1-14(2,11-16)15(3)13(17)10-9-12-7-5-4-6-8-12/h4-8,16H,11H2,1-3H3. The summed E-state index contributed by atoms with van der Waals surface area (Å²) in [7, 11) is 1.64. The molecule has 1 aromatic rings. The van der Waals surface area contributed by atoms with Gasteiger partial charge in [0.25, 0.3) is 5.91 Å². The number of benzene rings is 1. The fourth-order valence-electron chi connectivity index (χ4n) is 1.11. The van der Waals surface area contributed by atoms with Crippen molar-refractivity contribution in [2.75, 3.05) is 13.7 Å². The first-order chi connectivity index (χ1) is 7.97. The fourth-order valence-corrected chi connectivity index (χ4v) is 1.11. The van der Waals surface area contributed by atoms with Crippen molar-refractivity contribution in [3.63, 3.8) is 0 Å². The van der Waals surface area contributed by atoms with Crippen molar-refractivity contribution >= 4 is 5.91 Å². The van der Waals surface area contributed by atoms with Gasteiger partial charge in [0.2, 0.25) is 0 Å². The van der Waals surface area contributed by atoms with E-state index in [9.17, 15) is 4.79 Å². The molecule has 0 heterocycles. The van der Waals surface area contributed by atoms with Crippen LogP contribution in [0.5, 0.6) is 0 Å². The van der Waals surface area contributed by atoms with E-state index in [1.165, 1.54) is 4.90 Å². The van der Waals surface area contributed by atoms with Gasteiger partial charge in [0.15, 0.2) is 0 Å². The number of aliphatic hydroxyl groups excluding tert-OH is 1. The second-order valence-corrected chi connectivity index (χ2v) is 4.45. The van der Waals surface area contributed by atoms with Crippen molar-refractivity contribution in [3.05, 3.63) is 35.9 Å². The summed E-state index contributed by atoms with van der Waals surface area (Å²) in [6.45, 7) is 3.48. The number of aliphatic hydroxyl groups is 1. The smallest absolute Gasteiger partial charge is 0.299 e. The van der Waals surface area contributed by atoms with Crippen molar-refractivity contribution in [1.29, 1.82) is 0 Å². The Kier molecular flexibility index (Phi) is 4.30. The van der Waals surface area contributed by atoms with Crippen molar-refractivity contribution in [1.82, 2.24) is 4.90 Å². The van der Waals surface area contributed by atoms with E-state index >= 15 is 0 Å². The zero-order chi connectivity index (χ0) is 12.9. The highest BCUT2D eigenvalue weighted by Crippen LogP contribution is 2.10. The van der Waals surface area contributed by atoms with Crippen molar-refractivity contribution in [3.8, 4) is 11.8 Å². The Hall–Kier alpha value is -1.79. The maximum absolute atomic E-state index is 11.8. The summed E-state index contributed by atoms with van der Waals surface area (Å²) < 4.78 is 0. The Balaban J connectivity index is 2.77. The molecule has 0 aliphatic heterocycles. The van der Waals surface area contributed by atoms with Crippen LogP contribution in [0.4, 0.5) is 0 Å². The molecule has 1 aromatic carbocycles. The molecule has 0 atom stereocenters. The molecule has 3 nitrogen and oxygen atoms in total. The van der Waals surface area contributed by atoms with Gasteiger partial charge in [0, 0.05) is 18.5 Å². The van der Waals surface area contributed by atoms with Crippen LogP contribution in [-0.4, -0.2) is 35.1 Å². The van der Waals surface area contributed by atoms with Crippen molar-refractivity contribution in [2.24, 2.45) is 0 Å². The lowest BCUT2D eigenvalue weighted by molar-refractivity contribution is -0.129. The predicted molar refractivity (Wildman–Crippen MR) is 67.3 cm³/mol. The van der Waals surface area contributed by atoms with Crippen LogP contribution in [-0.2, 0) is 4.79 Å². The first-order valence-corrected chi connectivity index (χ1v) is 5.43. The van der Waals surface area contributed by atoms with E-state index in [1.807, 2.05) is 30.3 Å². The molecular weight excluding hydrogens is 214 g/mol. The van der Waals surface area contributed by atoms with Gasteiger partial charge in [-0.3, -0.25) is 4.79 Å². The average molecular weight is 231 g/mol. The first-order valence-electron chi connectivity index (χ1n) is 5.43. The number of amides is 1. The molecule has 0 fully saturated rings. The Bertz CT molecular complexity index is 440. The molecule has 0 aliphatic rings. The number of carbonyl (C=O) groups is 1. The lowest BCUT2D eigenvalue weighted by Crippen LogP contribution is -2.47. The monoisotopic (exact) mass is 231 g/mol. The van der Waals surface area contributed by atoms with Gasteiger partial charge < -0.3 is 10.0 Å². The molecule has 0 saturated carbocycles. The van der Waals surface area contributed by atoms with Gasteiger partial charge in [0.05, 0.1) is 12.1 Å². The van der Waals surface area contributed by atoms with Gasteiger partial charge in [-0.05, 0) is 26.0 Å². The molecular formula is C14H17NO2. The van der Waals surface area contributed by atoms with Crippen LogP contribution in [0, 0.1) is 11.8 Å². The average Bonchev–Trinajstić information content (AvgIpc) is 2.36. The third-order valence-electron chi connectivity index (χ3n) is 2.69. The molecule has 0 spiro atoms. The summed E-state index contributed by atoms with van der Waals surface area (Å²) in [5, 5.41) is 9.16. The highest BCUT2D eigenvalue weighted by atomic mass is 16.3. The third kappa shape index (κ3) is 3.61. The molecule has 1 rings (SSSR count). The summed E-state index contributed by atoms with van der Waals surface area (Å²) in [5.74, 6) is 5.07. The molecule has 90 valence electrons. The van der Waals surface area contributed by atoms with Crippen molar-refractivity contribution < 1.29 is 9.90 Å². The van der Waals surface area contributed by atoms with Crippen LogP contribution in [0.15, 0.2) is 30.3 Å². The largest absolute Gasteiger partial charge is 0.394 e. The highest BCUT2D eigenvalue weighted by Gasteiger charge is 2.25. The molecule has 0 bridgehead atoms. The minimum atomic E-state index is -0.595. The quantitative estimate of drug-likeness (QED) is 0.779. The summed E-state index contributed by atoms with van der Waals surface area (Å²) in [6, 6.07) is 9.33. The number of likely N-dealkylation sites (N-methyl/N-ethyl adjacent to an activating group) is 1. The summed E-state index contributed by atoms with van der Waals surface area (Å²) >= 11 is 0. The van der Waals surface area contributed by atoms with Gasteiger partial charge in [-0.15, -0.1) is 0 Å². The Morgan fingerprint density at radius 3 is 2.47 bits per heavy atom. The number of carbonyl (C=O) groups excluding carboxylic acids is 1. The van der Waals surface area contributed by atoms with Crippen LogP contribution < -0.4 is 0 Å². The first kappa shape index (κ1) is 13.3. The molecule has 0 unspecified atom stereocenters. The second kappa shape index (κ2) is 5.51. The van der Waals surface area contributed by atoms with E-state index in [0.29, 0.717) is 0 Å². The lowest BCUT2D eigenvalue weighted by Gasteiger charge is -2.32. The fraction of sp³-hybridized carbons (Fsp3) is 0.357. The highest BCUT2D eigenvalue weighted by molar-refractivity contribution is 5.94. The van der Waals surface area contributed by atoms with Gasteiger partial charge in [-0.2, -0.15) is 0 Å². The van der Waals surface area contributed by atoms with Crippen LogP contribution in [0.25, 0.3) is 0 Å². The molecule has 0 radical (unpaired) electrons. The zero-order valence-electron chi connectivity index (χ0n) is 10.4. The van der Waals surface area contributed by atoms with Crippen LogP contribution in [0.3, 0.4) is 0 Å². The maximum atomic E-state index is 11.8.